The maximum atomic E-state index is 12.3. The zero-order chi connectivity index (χ0) is 16.1. The summed E-state index contributed by atoms with van der Waals surface area (Å²) in [4.78, 5) is 24.7. The van der Waals surface area contributed by atoms with Crippen LogP contribution in [0.4, 0.5) is 0 Å². The number of rotatable bonds is 7. The quantitative estimate of drug-likeness (QED) is 0.764. The van der Waals surface area contributed by atoms with E-state index in [4.69, 9.17) is 5.11 Å². The molecule has 0 radical (unpaired) electrons. The lowest BCUT2D eigenvalue weighted by Gasteiger charge is -2.36. The molecular weight excluding hydrogens is 294 g/mol. The second-order valence-corrected chi connectivity index (χ2v) is 8.51. The molecule has 1 N–H and O–H groups in total. The van der Waals surface area contributed by atoms with Crippen molar-refractivity contribution in [3.8, 4) is 0 Å². The van der Waals surface area contributed by atoms with E-state index < -0.39 is 21.2 Å². The van der Waals surface area contributed by atoms with Crippen LogP contribution in [0, 0.1) is 5.41 Å². The fourth-order valence-corrected chi connectivity index (χ4v) is 3.53. The Balaban J connectivity index is 2.65. The second-order valence-electron chi connectivity index (χ2n) is 6.25. The van der Waals surface area contributed by atoms with Crippen molar-refractivity contribution in [3.63, 3.8) is 0 Å². The maximum Gasteiger partial charge on any atom is 0.303 e. The lowest BCUT2D eigenvalue weighted by Crippen LogP contribution is -2.38. The number of aliphatic carboxylic acids is 1. The third-order valence-electron chi connectivity index (χ3n) is 4.19. The molecule has 0 unspecified atom stereocenters. The first kappa shape index (κ1) is 17.9. The normalized spacial score (nSPS) is 18.2. The van der Waals surface area contributed by atoms with Gasteiger partial charge in [0, 0.05) is 26.3 Å². The predicted molar refractivity (Wildman–Crippen MR) is 79.7 cm³/mol. The van der Waals surface area contributed by atoms with Crippen molar-refractivity contribution in [3.05, 3.63) is 0 Å². The van der Waals surface area contributed by atoms with Gasteiger partial charge in [-0.25, -0.2) is 8.42 Å². The molecule has 7 heteroatoms. The Morgan fingerprint density at radius 3 is 2.19 bits per heavy atom. The van der Waals surface area contributed by atoms with Crippen molar-refractivity contribution in [2.24, 2.45) is 5.41 Å². The van der Waals surface area contributed by atoms with Gasteiger partial charge in [-0.1, -0.05) is 19.3 Å². The van der Waals surface area contributed by atoms with Crippen LogP contribution in [0.2, 0.25) is 0 Å². The van der Waals surface area contributed by atoms with Crippen molar-refractivity contribution in [2.45, 2.75) is 44.9 Å². The van der Waals surface area contributed by atoms with Gasteiger partial charge in [-0.05, 0) is 18.3 Å². The second kappa shape index (κ2) is 7.24. The molecule has 0 aromatic rings. The lowest BCUT2D eigenvalue weighted by atomic mass is 9.69. The van der Waals surface area contributed by atoms with Gasteiger partial charge in [-0.2, -0.15) is 0 Å². The molecule has 1 amide bonds. The van der Waals surface area contributed by atoms with Gasteiger partial charge < -0.3 is 10.0 Å². The molecule has 21 heavy (non-hydrogen) atoms. The molecule has 1 aliphatic rings. The van der Waals surface area contributed by atoms with Gasteiger partial charge in [0.2, 0.25) is 5.91 Å². The molecule has 0 spiro atoms. The topological polar surface area (TPSA) is 91.8 Å². The zero-order valence-electron chi connectivity index (χ0n) is 12.8. The average molecular weight is 319 g/mol. The van der Waals surface area contributed by atoms with Gasteiger partial charge in [-0.3, -0.25) is 9.59 Å². The van der Waals surface area contributed by atoms with E-state index in [0.717, 1.165) is 38.4 Å². The number of sulfone groups is 1. The highest BCUT2D eigenvalue weighted by Crippen LogP contribution is 2.42. The van der Waals surface area contributed by atoms with Crippen molar-refractivity contribution in [1.82, 2.24) is 4.90 Å². The number of nitrogens with zero attached hydrogens (tertiary/aromatic N) is 1. The van der Waals surface area contributed by atoms with Crippen LogP contribution in [-0.4, -0.2) is 55.9 Å². The predicted octanol–water partition coefficient (Wildman–Crippen LogP) is 1.30. The Labute approximate surface area is 126 Å². The van der Waals surface area contributed by atoms with Crippen LogP contribution in [-0.2, 0) is 19.4 Å². The number of carboxylic acids is 1. The molecule has 122 valence electrons. The molecular formula is C14H25NO5S. The summed E-state index contributed by atoms with van der Waals surface area (Å²) in [7, 11) is -1.53. The van der Waals surface area contributed by atoms with Gasteiger partial charge >= 0.3 is 5.97 Å². The molecule has 6 nitrogen and oxygen atoms in total. The van der Waals surface area contributed by atoms with E-state index in [1.807, 2.05) is 0 Å². The van der Waals surface area contributed by atoms with E-state index >= 15 is 0 Å². The molecule has 1 fully saturated rings. The van der Waals surface area contributed by atoms with Gasteiger partial charge in [-0.15, -0.1) is 0 Å². The molecule has 1 saturated carbocycles. The Bertz CT molecular complexity index is 480. The minimum Gasteiger partial charge on any atom is -0.481 e. The van der Waals surface area contributed by atoms with Gasteiger partial charge in [0.25, 0.3) is 0 Å². The van der Waals surface area contributed by atoms with Crippen LogP contribution in [0.15, 0.2) is 0 Å². The minimum atomic E-state index is -3.11. The van der Waals surface area contributed by atoms with Crippen LogP contribution in [0.5, 0.6) is 0 Å². The summed E-state index contributed by atoms with van der Waals surface area (Å²) < 4.78 is 22.3. The standard InChI is InChI=1S/C14H25NO5S/c1-15(8-9-21(2,19)20)12(16)10-14(11-13(17)18)6-4-3-5-7-14/h3-11H2,1-2H3,(H,17,18). The lowest BCUT2D eigenvalue weighted by molar-refractivity contribution is -0.142. The van der Waals surface area contributed by atoms with E-state index in [1.54, 1.807) is 7.05 Å². The summed E-state index contributed by atoms with van der Waals surface area (Å²) in [6, 6.07) is 0. The van der Waals surface area contributed by atoms with Crippen molar-refractivity contribution < 1.29 is 23.1 Å². The number of carbonyl (C=O) groups excluding carboxylic acids is 1. The third-order valence-corrected chi connectivity index (χ3v) is 5.11. The van der Waals surface area contributed by atoms with Crippen molar-refractivity contribution in [1.29, 1.82) is 0 Å². The number of carbonyl (C=O) groups is 2. The summed E-state index contributed by atoms with van der Waals surface area (Å²) in [5, 5.41) is 9.09. The third kappa shape index (κ3) is 6.46. The van der Waals surface area contributed by atoms with E-state index in [-0.39, 0.29) is 31.0 Å². The van der Waals surface area contributed by atoms with Gasteiger partial charge in [0.05, 0.1) is 12.2 Å². The van der Waals surface area contributed by atoms with Crippen LogP contribution in [0.25, 0.3) is 0 Å². The van der Waals surface area contributed by atoms with Gasteiger partial charge in [0.15, 0.2) is 0 Å². The molecule has 0 aliphatic heterocycles. The van der Waals surface area contributed by atoms with E-state index in [0.29, 0.717) is 0 Å². The van der Waals surface area contributed by atoms with Crippen molar-refractivity contribution >= 4 is 21.7 Å². The molecule has 1 aliphatic carbocycles. The molecule has 0 heterocycles. The minimum absolute atomic E-state index is 0.0126. The molecule has 0 bridgehead atoms. The summed E-state index contributed by atoms with van der Waals surface area (Å²) in [5.41, 5.74) is -0.458. The highest BCUT2D eigenvalue weighted by Gasteiger charge is 2.37. The Morgan fingerprint density at radius 2 is 1.71 bits per heavy atom. The summed E-state index contributed by atoms with van der Waals surface area (Å²) in [6.07, 6.45) is 5.84. The smallest absolute Gasteiger partial charge is 0.303 e. The Kier molecular flexibility index (Phi) is 6.19. The van der Waals surface area contributed by atoms with Crippen LogP contribution in [0.3, 0.4) is 0 Å². The Morgan fingerprint density at radius 1 is 1.14 bits per heavy atom. The van der Waals surface area contributed by atoms with Crippen LogP contribution in [0.1, 0.15) is 44.9 Å². The first-order valence-electron chi connectivity index (χ1n) is 7.27. The summed E-state index contributed by atoms with van der Waals surface area (Å²) >= 11 is 0. The van der Waals surface area contributed by atoms with Gasteiger partial charge in [0.1, 0.15) is 9.84 Å². The Hall–Kier alpha value is -1.11. The van der Waals surface area contributed by atoms with Crippen LogP contribution >= 0.6 is 0 Å². The SMILES string of the molecule is CN(CCS(C)(=O)=O)C(=O)CC1(CC(=O)O)CCCCC1. The monoisotopic (exact) mass is 319 g/mol. The van der Waals surface area contributed by atoms with E-state index in [9.17, 15) is 18.0 Å². The average Bonchev–Trinajstić information content (AvgIpc) is 2.34. The van der Waals surface area contributed by atoms with E-state index in [2.05, 4.69) is 0 Å². The highest BCUT2D eigenvalue weighted by molar-refractivity contribution is 7.90. The van der Waals surface area contributed by atoms with Crippen LogP contribution < -0.4 is 0 Å². The molecule has 1 rings (SSSR count). The largest absolute Gasteiger partial charge is 0.481 e. The summed E-state index contributed by atoms with van der Waals surface area (Å²) in [6.45, 7) is 0.154. The molecule has 0 saturated heterocycles. The number of carboxylic acid groups (broad SMARTS) is 1. The fourth-order valence-electron chi connectivity index (χ4n) is 2.92. The number of hydrogen-bond acceptors (Lipinski definition) is 4. The van der Waals surface area contributed by atoms with E-state index in [1.165, 1.54) is 4.90 Å². The fraction of sp³-hybridized carbons (Fsp3) is 0.857. The number of hydrogen-bond donors (Lipinski definition) is 1. The molecule has 0 aromatic heterocycles. The number of amides is 1. The van der Waals surface area contributed by atoms with Crippen molar-refractivity contribution in [2.75, 3.05) is 25.6 Å². The maximum absolute atomic E-state index is 12.3. The zero-order valence-corrected chi connectivity index (χ0v) is 13.6. The summed E-state index contributed by atoms with van der Waals surface area (Å²) in [5.74, 6) is -1.11. The first-order chi connectivity index (χ1) is 9.64. The molecule has 0 atom stereocenters. The molecule has 0 aromatic carbocycles. The first-order valence-corrected chi connectivity index (χ1v) is 9.33. The highest BCUT2D eigenvalue weighted by atomic mass is 32.2.